The van der Waals surface area contributed by atoms with Crippen molar-refractivity contribution >= 4 is 10.0 Å². The zero-order chi connectivity index (χ0) is 18.7. The minimum Gasteiger partial charge on any atom is -0.392 e. The first-order valence-electron chi connectivity index (χ1n) is 8.53. The summed E-state index contributed by atoms with van der Waals surface area (Å²) in [7, 11) is -3.64. The van der Waals surface area contributed by atoms with Crippen LogP contribution in [-0.2, 0) is 23.1 Å². The summed E-state index contributed by atoms with van der Waals surface area (Å²) in [6.45, 7) is 7.54. The molecule has 0 atom stereocenters. The fraction of sp³-hybridized carbons (Fsp3) is 0.400. The molecule has 25 heavy (non-hydrogen) atoms. The Hall–Kier alpha value is -1.69. The molecule has 4 nitrogen and oxygen atoms in total. The summed E-state index contributed by atoms with van der Waals surface area (Å²) in [6.07, 6.45) is 1.89. The number of nitrogens with one attached hydrogen (secondary N) is 1. The van der Waals surface area contributed by atoms with Crippen LogP contribution < -0.4 is 4.72 Å². The van der Waals surface area contributed by atoms with E-state index in [0.717, 1.165) is 29.5 Å². The van der Waals surface area contributed by atoms with Gasteiger partial charge in [0.25, 0.3) is 0 Å². The second-order valence-corrected chi connectivity index (χ2v) is 8.94. The molecule has 5 heteroatoms. The van der Waals surface area contributed by atoms with E-state index in [1.165, 1.54) is 0 Å². The van der Waals surface area contributed by atoms with Gasteiger partial charge >= 0.3 is 0 Å². The minimum absolute atomic E-state index is 0.0348. The van der Waals surface area contributed by atoms with Crippen LogP contribution >= 0.6 is 0 Å². The van der Waals surface area contributed by atoms with Gasteiger partial charge in [-0.1, -0.05) is 43.7 Å². The maximum Gasteiger partial charge on any atom is 0.241 e. The van der Waals surface area contributed by atoms with Crippen LogP contribution in [0, 0.1) is 0 Å². The molecule has 0 amide bonds. The molecule has 136 valence electrons. The van der Waals surface area contributed by atoms with Gasteiger partial charge in [0.2, 0.25) is 10.0 Å². The average Bonchev–Trinajstić information content (AvgIpc) is 2.53. The van der Waals surface area contributed by atoms with Gasteiger partial charge in [-0.15, -0.1) is 0 Å². The van der Waals surface area contributed by atoms with E-state index in [1.54, 1.807) is 6.07 Å². The highest BCUT2D eigenvalue weighted by molar-refractivity contribution is 7.89. The van der Waals surface area contributed by atoms with Gasteiger partial charge in [0.15, 0.2) is 0 Å². The van der Waals surface area contributed by atoms with Crippen LogP contribution in [0.5, 0.6) is 0 Å². The normalized spacial score (nSPS) is 12.4. The lowest BCUT2D eigenvalue weighted by molar-refractivity contribution is 0.282. The monoisotopic (exact) mass is 361 g/mol. The molecule has 0 heterocycles. The number of hydrogen-bond acceptors (Lipinski definition) is 3. The summed E-state index contributed by atoms with van der Waals surface area (Å²) in [5.74, 6) is 0. The van der Waals surface area contributed by atoms with Crippen LogP contribution in [0.15, 0.2) is 47.4 Å². The fourth-order valence-electron chi connectivity index (χ4n) is 2.73. The Morgan fingerprint density at radius 1 is 1.00 bits per heavy atom. The molecule has 2 N–H and O–H groups in total. The number of rotatable bonds is 6. The molecule has 0 saturated heterocycles. The van der Waals surface area contributed by atoms with Gasteiger partial charge in [0.05, 0.1) is 11.5 Å². The van der Waals surface area contributed by atoms with Crippen molar-refractivity contribution < 1.29 is 13.5 Å². The smallest absolute Gasteiger partial charge is 0.241 e. The zero-order valence-electron chi connectivity index (χ0n) is 15.3. The minimum atomic E-state index is -3.64. The Balaban J connectivity index is 2.59. The zero-order valence-corrected chi connectivity index (χ0v) is 16.2. The van der Waals surface area contributed by atoms with Crippen molar-refractivity contribution in [2.24, 2.45) is 0 Å². The number of aryl methyl sites for hydroxylation is 1. The van der Waals surface area contributed by atoms with Crippen molar-refractivity contribution in [3.8, 4) is 11.1 Å². The number of aliphatic hydroxyl groups excluding tert-OH is 1. The van der Waals surface area contributed by atoms with Crippen LogP contribution in [0.4, 0.5) is 0 Å². The molecule has 0 fully saturated rings. The molecule has 0 aliphatic carbocycles. The lowest BCUT2D eigenvalue weighted by Gasteiger charge is -2.22. The van der Waals surface area contributed by atoms with Gasteiger partial charge in [-0.05, 0) is 56.0 Å². The van der Waals surface area contributed by atoms with Gasteiger partial charge in [0, 0.05) is 11.1 Å². The maximum absolute atomic E-state index is 12.9. The Morgan fingerprint density at radius 3 is 2.12 bits per heavy atom. The number of sulfonamides is 1. The second kappa shape index (κ2) is 7.68. The second-order valence-electron chi connectivity index (χ2n) is 7.29. The van der Waals surface area contributed by atoms with Gasteiger partial charge in [-0.2, -0.15) is 0 Å². The van der Waals surface area contributed by atoms with E-state index >= 15 is 0 Å². The Bertz CT molecular complexity index is 819. The summed E-state index contributed by atoms with van der Waals surface area (Å²) in [5.41, 5.74) is 2.86. The molecule has 0 aliphatic heterocycles. The van der Waals surface area contributed by atoms with Crippen molar-refractivity contribution in [1.82, 2.24) is 4.72 Å². The highest BCUT2D eigenvalue weighted by Gasteiger charge is 2.25. The van der Waals surface area contributed by atoms with Gasteiger partial charge in [0.1, 0.15) is 0 Å². The van der Waals surface area contributed by atoms with Crippen LogP contribution in [0.2, 0.25) is 0 Å². The summed E-state index contributed by atoms with van der Waals surface area (Å²) in [5, 5.41) is 9.22. The molecular formula is C20H27NO3S. The Morgan fingerprint density at radius 2 is 1.60 bits per heavy atom. The Labute approximate surface area is 151 Å². The van der Waals surface area contributed by atoms with Crippen molar-refractivity contribution in [3.63, 3.8) is 0 Å². The van der Waals surface area contributed by atoms with Crippen molar-refractivity contribution in [3.05, 3.63) is 53.6 Å². The molecule has 0 radical (unpaired) electrons. The van der Waals surface area contributed by atoms with Crippen molar-refractivity contribution in [2.75, 3.05) is 0 Å². The molecule has 0 bridgehead atoms. The standard InChI is InChI=1S/C20H27NO3S/c1-5-6-15-9-12-19(25(23,24)21-20(2,3)4)18(13-15)17-10-7-16(14-22)8-11-17/h7-13,21-22H,5-6,14H2,1-4H3. The van der Waals surface area contributed by atoms with E-state index in [0.29, 0.717) is 5.56 Å². The van der Waals surface area contributed by atoms with Crippen molar-refractivity contribution in [1.29, 1.82) is 0 Å². The van der Waals surface area contributed by atoms with E-state index in [4.69, 9.17) is 0 Å². The summed E-state index contributed by atoms with van der Waals surface area (Å²) < 4.78 is 28.5. The van der Waals surface area contributed by atoms with E-state index in [9.17, 15) is 13.5 Å². The Kier molecular flexibility index (Phi) is 6.03. The van der Waals surface area contributed by atoms with Crippen LogP contribution in [0.1, 0.15) is 45.2 Å². The third-order valence-electron chi connectivity index (χ3n) is 3.76. The van der Waals surface area contributed by atoms with Crippen LogP contribution in [0.3, 0.4) is 0 Å². The SMILES string of the molecule is CCCc1ccc(S(=O)(=O)NC(C)(C)C)c(-c2ccc(CO)cc2)c1. The van der Waals surface area contributed by atoms with Gasteiger partial charge < -0.3 is 5.11 Å². The van der Waals surface area contributed by atoms with Gasteiger partial charge in [-0.3, -0.25) is 0 Å². The first-order chi connectivity index (χ1) is 11.7. The molecule has 0 spiro atoms. The first-order valence-corrected chi connectivity index (χ1v) is 10.0. The highest BCUT2D eigenvalue weighted by atomic mass is 32.2. The predicted molar refractivity (Wildman–Crippen MR) is 102 cm³/mol. The van der Waals surface area contributed by atoms with E-state index in [1.807, 2.05) is 57.2 Å². The predicted octanol–water partition coefficient (Wildman–Crippen LogP) is 3.88. The van der Waals surface area contributed by atoms with Crippen molar-refractivity contribution in [2.45, 2.75) is 57.6 Å². The number of hydrogen-bond donors (Lipinski definition) is 2. The van der Waals surface area contributed by atoms with E-state index in [2.05, 4.69) is 11.6 Å². The molecule has 0 saturated carbocycles. The van der Waals surface area contributed by atoms with Crippen LogP contribution in [-0.4, -0.2) is 19.1 Å². The topological polar surface area (TPSA) is 66.4 Å². The molecule has 2 aromatic carbocycles. The molecule has 0 aromatic heterocycles. The number of benzene rings is 2. The molecule has 0 unspecified atom stereocenters. The van der Waals surface area contributed by atoms with E-state index < -0.39 is 15.6 Å². The lowest BCUT2D eigenvalue weighted by Crippen LogP contribution is -2.40. The third kappa shape index (κ3) is 5.14. The average molecular weight is 362 g/mol. The number of aliphatic hydroxyl groups is 1. The third-order valence-corrected chi connectivity index (χ3v) is 5.58. The largest absolute Gasteiger partial charge is 0.392 e. The quantitative estimate of drug-likeness (QED) is 0.821. The molecule has 0 aliphatic rings. The van der Waals surface area contributed by atoms with E-state index in [-0.39, 0.29) is 11.5 Å². The maximum atomic E-state index is 12.9. The molecular weight excluding hydrogens is 334 g/mol. The molecule has 2 rings (SSSR count). The highest BCUT2D eigenvalue weighted by Crippen LogP contribution is 2.30. The summed E-state index contributed by atoms with van der Waals surface area (Å²) >= 11 is 0. The molecule has 2 aromatic rings. The summed E-state index contributed by atoms with van der Waals surface area (Å²) in [6, 6.07) is 12.9. The van der Waals surface area contributed by atoms with Gasteiger partial charge in [-0.25, -0.2) is 13.1 Å². The first kappa shape index (κ1) is 19.6. The lowest BCUT2D eigenvalue weighted by atomic mass is 10.00. The fourth-order valence-corrected chi connectivity index (χ4v) is 4.36. The van der Waals surface area contributed by atoms with Crippen LogP contribution in [0.25, 0.3) is 11.1 Å². The summed E-state index contributed by atoms with van der Waals surface area (Å²) in [4.78, 5) is 0.277.